The third kappa shape index (κ3) is 4.70. The lowest BCUT2D eigenvalue weighted by molar-refractivity contribution is 1.18. The van der Waals surface area contributed by atoms with Crippen LogP contribution in [0.1, 0.15) is 0 Å². The monoisotopic (exact) mass is 749 g/mol. The fraction of sp³-hybridized carbons (Fsp3) is 0. The van der Waals surface area contributed by atoms with Crippen LogP contribution < -0.4 is 0 Å². The summed E-state index contributed by atoms with van der Waals surface area (Å²) in [6.07, 6.45) is 0. The molecule has 274 valence electrons. The number of rotatable bonds is 5. The molecule has 3 heteroatoms. The molecule has 0 saturated carbocycles. The summed E-state index contributed by atoms with van der Waals surface area (Å²) in [4.78, 5) is 0. The van der Waals surface area contributed by atoms with Crippen molar-refractivity contribution in [1.29, 1.82) is 0 Å². The maximum Gasteiger partial charge on any atom is 0.0553 e. The van der Waals surface area contributed by atoms with Crippen molar-refractivity contribution in [3.05, 3.63) is 212 Å². The van der Waals surface area contributed by atoms with Gasteiger partial charge >= 0.3 is 0 Å². The summed E-state index contributed by atoms with van der Waals surface area (Å²) in [6, 6.07) is 78.0. The fourth-order valence-corrected chi connectivity index (χ4v) is 9.97. The standard InChI is InChI=1S/C56H35N3/c1-4-14-42(15-5-1)57-49-22-12-10-20-45(49)47-32-36(26-28-51(47)57)40-30-38-24-25-39-31-41(35-54-56(39)55(38)53(34-40)59(54)44-18-8-3-9-19-44)37-27-29-52-48(33-37)46-21-11-13-23-50(46)58(52)43-16-6-2-7-17-43/h1-35H. The molecular weight excluding hydrogens is 715 g/mol. The molecule has 0 unspecified atom stereocenters. The first kappa shape index (κ1) is 32.2. The van der Waals surface area contributed by atoms with Crippen LogP contribution in [0.3, 0.4) is 0 Å². The quantitative estimate of drug-likeness (QED) is 0.156. The van der Waals surface area contributed by atoms with E-state index in [0.717, 1.165) is 5.69 Å². The number of nitrogens with zero attached hydrogens (tertiary/aromatic N) is 3. The van der Waals surface area contributed by atoms with Crippen LogP contribution in [0, 0.1) is 0 Å². The zero-order valence-corrected chi connectivity index (χ0v) is 32.0. The van der Waals surface area contributed by atoms with Crippen LogP contribution in [-0.2, 0) is 0 Å². The van der Waals surface area contributed by atoms with Crippen molar-refractivity contribution in [3.63, 3.8) is 0 Å². The summed E-state index contributed by atoms with van der Waals surface area (Å²) in [5, 5.41) is 10.1. The molecule has 0 amide bonds. The van der Waals surface area contributed by atoms with Gasteiger partial charge in [0.2, 0.25) is 0 Å². The molecule has 0 bridgehead atoms. The highest BCUT2D eigenvalue weighted by Gasteiger charge is 2.21. The smallest absolute Gasteiger partial charge is 0.0553 e. The molecule has 0 N–H and O–H groups in total. The van der Waals surface area contributed by atoms with Gasteiger partial charge in [0.15, 0.2) is 0 Å². The Balaban J connectivity index is 1.03. The first-order chi connectivity index (χ1) is 29.3. The van der Waals surface area contributed by atoms with Crippen LogP contribution in [0.25, 0.3) is 116 Å². The lowest BCUT2D eigenvalue weighted by Gasteiger charge is -2.11. The summed E-state index contributed by atoms with van der Waals surface area (Å²) < 4.78 is 7.25. The van der Waals surface area contributed by atoms with E-state index in [-0.39, 0.29) is 0 Å². The van der Waals surface area contributed by atoms with Gasteiger partial charge in [-0.25, -0.2) is 0 Å². The molecular formula is C56H35N3. The van der Waals surface area contributed by atoms with E-state index in [9.17, 15) is 0 Å². The Bertz CT molecular complexity index is 3530. The average Bonchev–Trinajstić information content (AvgIpc) is 3.94. The van der Waals surface area contributed by atoms with E-state index < -0.39 is 0 Å². The van der Waals surface area contributed by atoms with Gasteiger partial charge in [-0.15, -0.1) is 0 Å². The number of hydrogen-bond donors (Lipinski definition) is 0. The Morgan fingerprint density at radius 3 is 1.00 bits per heavy atom. The third-order valence-electron chi connectivity index (χ3n) is 12.5. The maximum absolute atomic E-state index is 2.48. The Morgan fingerprint density at radius 2 is 0.576 bits per heavy atom. The topological polar surface area (TPSA) is 14.8 Å². The van der Waals surface area contributed by atoms with Crippen molar-refractivity contribution >= 4 is 76.2 Å². The summed E-state index contributed by atoms with van der Waals surface area (Å²) >= 11 is 0. The number of hydrogen-bond acceptors (Lipinski definition) is 0. The van der Waals surface area contributed by atoms with E-state index in [1.54, 1.807) is 0 Å². The largest absolute Gasteiger partial charge is 0.309 e. The van der Waals surface area contributed by atoms with Crippen LogP contribution in [0.15, 0.2) is 212 Å². The van der Waals surface area contributed by atoms with Gasteiger partial charge in [-0.2, -0.15) is 0 Å². The van der Waals surface area contributed by atoms with Gasteiger partial charge < -0.3 is 13.7 Å². The molecule has 0 atom stereocenters. The van der Waals surface area contributed by atoms with Crippen LogP contribution in [-0.4, -0.2) is 13.7 Å². The first-order valence-corrected chi connectivity index (χ1v) is 20.3. The van der Waals surface area contributed by atoms with Gasteiger partial charge in [-0.1, -0.05) is 115 Å². The molecule has 0 fully saturated rings. The van der Waals surface area contributed by atoms with Crippen LogP contribution in [0.2, 0.25) is 0 Å². The van der Waals surface area contributed by atoms with E-state index in [4.69, 9.17) is 0 Å². The minimum Gasteiger partial charge on any atom is -0.309 e. The van der Waals surface area contributed by atoms with E-state index in [1.807, 2.05) is 0 Å². The molecule has 0 saturated heterocycles. The predicted octanol–water partition coefficient (Wildman–Crippen LogP) is 14.9. The van der Waals surface area contributed by atoms with Gasteiger partial charge in [-0.3, -0.25) is 0 Å². The van der Waals surface area contributed by atoms with Crippen LogP contribution in [0.5, 0.6) is 0 Å². The van der Waals surface area contributed by atoms with Gasteiger partial charge in [0.1, 0.15) is 0 Å². The summed E-state index contributed by atoms with van der Waals surface area (Å²) in [7, 11) is 0. The number of aromatic nitrogens is 3. The highest BCUT2D eigenvalue weighted by molar-refractivity contribution is 6.26. The van der Waals surface area contributed by atoms with Crippen LogP contribution in [0.4, 0.5) is 0 Å². The Labute approximate surface area is 340 Å². The molecule has 10 aromatic carbocycles. The molecule has 3 heterocycles. The average molecular weight is 750 g/mol. The van der Waals surface area contributed by atoms with Crippen molar-refractivity contribution in [2.24, 2.45) is 0 Å². The second-order valence-electron chi connectivity index (χ2n) is 15.8. The van der Waals surface area contributed by atoms with E-state index >= 15 is 0 Å². The van der Waals surface area contributed by atoms with E-state index in [1.165, 1.54) is 110 Å². The highest BCUT2D eigenvalue weighted by Crippen LogP contribution is 2.45. The maximum atomic E-state index is 2.48. The first-order valence-electron chi connectivity index (χ1n) is 20.3. The summed E-state index contributed by atoms with van der Waals surface area (Å²) in [5.41, 5.74) is 15.6. The lowest BCUT2D eigenvalue weighted by Crippen LogP contribution is -1.94. The molecule has 0 aliphatic rings. The van der Waals surface area contributed by atoms with E-state index in [2.05, 4.69) is 226 Å². The summed E-state index contributed by atoms with van der Waals surface area (Å²) in [6.45, 7) is 0. The molecule has 3 nitrogen and oxygen atoms in total. The molecule has 0 aliphatic heterocycles. The van der Waals surface area contributed by atoms with Crippen molar-refractivity contribution in [2.45, 2.75) is 0 Å². The Hall–Kier alpha value is -7.88. The number of benzene rings is 10. The van der Waals surface area contributed by atoms with Crippen molar-refractivity contribution in [2.75, 3.05) is 0 Å². The highest BCUT2D eigenvalue weighted by atomic mass is 15.0. The zero-order chi connectivity index (χ0) is 38.6. The Morgan fingerprint density at radius 1 is 0.220 bits per heavy atom. The fourth-order valence-electron chi connectivity index (χ4n) is 9.97. The minimum atomic E-state index is 1.16. The third-order valence-corrected chi connectivity index (χ3v) is 12.5. The van der Waals surface area contributed by atoms with Gasteiger partial charge in [0.05, 0.1) is 33.1 Å². The lowest BCUT2D eigenvalue weighted by atomic mass is 9.94. The molecule has 59 heavy (non-hydrogen) atoms. The summed E-state index contributed by atoms with van der Waals surface area (Å²) in [5.74, 6) is 0. The van der Waals surface area contributed by atoms with Gasteiger partial charge in [0, 0.05) is 49.4 Å². The second-order valence-corrected chi connectivity index (χ2v) is 15.8. The SMILES string of the molecule is c1ccc(-n2c3ccccc3c3cc(-c4cc5ccc6cc(-c7ccc8c(c7)c7ccccc7n8-c7ccccc7)cc7c6c5c(c4)n7-c4ccccc4)ccc32)cc1. The minimum absolute atomic E-state index is 1.16. The van der Waals surface area contributed by atoms with Crippen molar-refractivity contribution < 1.29 is 0 Å². The Kier molecular flexibility index (Phi) is 6.72. The zero-order valence-electron chi connectivity index (χ0n) is 32.0. The van der Waals surface area contributed by atoms with Gasteiger partial charge in [-0.05, 0) is 130 Å². The predicted molar refractivity (Wildman–Crippen MR) is 249 cm³/mol. The molecule has 3 aromatic heterocycles. The normalized spacial score (nSPS) is 12.1. The number of fused-ring (bicyclic) bond motifs is 6. The van der Waals surface area contributed by atoms with Crippen molar-refractivity contribution in [3.8, 4) is 39.3 Å². The number of para-hydroxylation sites is 5. The molecule has 0 spiro atoms. The van der Waals surface area contributed by atoms with E-state index in [0.29, 0.717) is 0 Å². The molecule has 13 rings (SSSR count). The molecule has 0 aliphatic carbocycles. The van der Waals surface area contributed by atoms with Gasteiger partial charge in [0.25, 0.3) is 0 Å². The van der Waals surface area contributed by atoms with Crippen molar-refractivity contribution in [1.82, 2.24) is 13.7 Å². The molecule has 0 radical (unpaired) electrons. The second kappa shape index (κ2) is 12.3. The molecule has 13 aromatic rings. The van der Waals surface area contributed by atoms with Crippen LogP contribution >= 0.6 is 0 Å².